The highest BCUT2D eigenvalue weighted by Crippen LogP contribution is 2.13. The molecule has 0 fully saturated rings. The van der Waals surface area contributed by atoms with E-state index in [1.807, 2.05) is 0 Å². The van der Waals surface area contributed by atoms with Gasteiger partial charge in [0.05, 0.1) is 4.90 Å². The van der Waals surface area contributed by atoms with Crippen molar-refractivity contribution in [3.8, 4) is 0 Å². The van der Waals surface area contributed by atoms with Gasteiger partial charge in [0.15, 0.2) is 9.84 Å². The van der Waals surface area contributed by atoms with Gasteiger partial charge in [-0.3, -0.25) is 9.59 Å². The van der Waals surface area contributed by atoms with Gasteiger partial charge in [0, 0.05) is 18.4 Å². The minimum atomic E-state index is -3.28. The minimum Gasteiger partial charge on any atom is -0.480 e. The van der Waals surface area contributed by atoms with E-state index in [0.29, 0.717) is 5.69 Å². The first-order valence-corrected chi connectivity index (χ1v) is 7.92. The van der Waals surface area contributed by atoms with Crippen LogP contribution in [-0.4, -0.2) is 37.7 Å². The molecular weight excluding hydrogens is 298 g/mol. The van der Waals surface area contributed by atoms with Crippen LogP contribution in [0.25, 0.3) is 0 Å². The van der Waals surface area contributed by atoms with E-state index >= 15 is 0 Å². The summed E-state index contributed by atoms with van der Waals surface area (Å²) in [6, 6.07) is 4.80. The van der Waals surface area contributed by atoms with Crippen molar-refractivity contribution in [3.63, 3.8) is 0 Å². The van der Waals surface area contributed by atoms with Crippen molar-refractivity contribution in [2.24, 2.45) is 5.73 Å². The summed E-state index contributed by atoms with van der Waals surface area (Å²) in [6.07, 6.45) is 1.08. The number of carbonyl (C=O) groups is 2. The second-order valence-electron chi connectivity index (χ2n) is 4.46. The van der Waals surface area contributed by atoms with E-state index in [1.165, 1.54) is 24.3 Å². The van der Waals surface area contributed by atoms with Crippen molar-refractivity contribution in [2.45, 2.75) is 23.8 Å². The molecule has 8 nitrogen and oxygen atoms in total. The van der Waals surface area contributed by atoms with E-state index in [0.717, 1.165) is 6.26 Å². The third-order valence-corrected chi connectivity index (χ3v) is 3.78. The van der Waals surface area contributed by atoms with E-state index in [2.05, 4.69) is 10.9 Å². The molecule has 0 spiro atoms. The molecule has 5 N–H and O–H groups in total. The van der Waals surface area contributed by atoms with Crippen molar-refractivity contribution < 1.29 is 23.1 Å². The van der Waals surface area contributed by atoms with E-state index in [-0.39, 0.29) is 17.7 Å². The Morgan fingerprint density at radius 1 is 1.29 bits per heavy atom. The third-order valence-electron chi connectivity index (χ3n) is 2.65. The van der Waals surface area contributed by atoms with Crippen LogP contribution in [0.3, 0.4) is 0 Å². The van der Waals surface area contributed by atoms with Gasteiger partial charge in [0.2, 0.25) is 5.91 Å². The van der Waals surface area contributed by atoms with E-state index in [1.54, 1.807) is 0 Å². The summed E-state index contributed by atoms with van der Waals surface area (Å²) in [5.41, 5.74) is 10.7. The van der Waals surface area contributed by atoms with Crippen LogP contribution < -0.4 is 16.6 Å². The van der Waals surface area contributed by atoms with Crippen LogP contribution in [0.15, 0.2) is 29.2 Å². The van der Waals surface area contributed by atoms with Gasteiger partial charge in [0.1, 0.15) is 6.04 Å². The molecule has 0 unspecified atom stereocenters. The highest BCUT2D eigenvalue weighted by atomic mass is 32.2. The monoisotopic (exact) mass is 315 g/mol. The number of hydrogen-bond donors (Lipinski definition) is 4. The molecule has 0 bridgehead atoms. The Morgan fingerprint density at radius 2 is 1.86 bits per heavy atom. The van der Waals surface area contributed by atoms with Gasteiger partial charge in [-0.05, 0) is 30.7 Å². The zero-order valence-corrected chi connectivity index (χ0v) is 12.2. The molecule has 0 aliphatic rings. The molecule has 1 aromatic carbocycles. The zero-order valence-electron chi connectivity index (χ0n) is 11.4. The second-order valence-corrected chi connectivity index (χ2v) is 6.48. The Morgan fingerprint density at radius 3 is 2.29 bits per heavy atom. The molecule has 9 heteroatoms. The molecule has 116 valence electrons. The van der Waals surface area contributed by atoms with Crippen LogP contribution in [0.5, 0.6) is 0 Å². The number of rotatable bonds is 8. The van der Waals surface area contributed by atoms with E-state index in [4.69, 9.17) is 10.8 Å². The number of benzene rings is 1. The number of amides is 1. The first kappa shape index (κ1) is 16.9. The number of hydrazine groups is 1. The zero-order chi connectivity index (χ0) is 16.0. The lowest BCUT2D eigenvalue weighted by atomic mass is 10.1. The molecule has 1 aromatic rings. The van der Waals surface area contributed by atoms with Crippen LogP contribution in [0.1, 0.15) is 12.8 Å². The Labute approximate surface area is 122 Å². The lowest BCUT2D eigenvalue weighted by molar-refractivity contribution is -0.139. The van der Waals surface area contributed by atoms with Crippen molar-refractivity contribution >= 4 is 27.4 Å². The number of carbonyl (C=O) groups excluding carboxylic acids is 1. The Hall–Kier alpha value is -2.13. The Bertz CT molecular complexity index is 612. The number of sulfone groups is 1. The predicted octanol–water partition coefficient (Wildman–Crippen LogP) is -0.275. The van der Waals surface area contributed by atoms with Gasteiger partial charge in [-0.1, -0.05) is 0 Å². The number of carboxylic acids is 1. The molecule has 0 aromatic heterocycles. The van der Waals surface area contributed by atoms with Gasteiger partial charge in [-0.2, -0.15) is 0 Å². The summed E-state index contributed by atoms with van der Waals surface area (Å²) in [4.78, 5) is 21.8. The fourth-order valence-electron chi connectivity index (χ4n) is 1.50. The van der Waals surface area contributed by atoms with Crippen LogP contribution in [0.4, 0.5) is 5.69 Å². The summed E-state index contributed by atoms with van der Waals surface area (Å²) in [7, 11) is -3.28. The highest BCUT2D eigenvalue weighted by Gasteiger charge is 2.17. The molecular formula is C12H17N3O5S. The molecule has 0 saturated heterocycles. The number of aliphatic carboxylic acids is 1. The average Bonchev–Trinajstić information content (AvgIpc) is 2.37. The fraction of sp³-hybridized carbons (Fsp3) is 0.333. The summed E-state index contributed by atoms with van der Waals surface area (Å²) in [5, 5.41) is 8.98. The van der Waals surface area contributed by atoms with Crippen molar-refractivity contribution in [3.05, 3.63) is 24.3 Å². The highest BCUT2D eigenvalue weighted by molar-refractivity contribution is 7.90. The molecule has 0 saturated carbocycles. The third kappa shape index (κ3) is 5.79. The summed E-state index contributed by atoms with van der Waals surface area (Å²) < 4.78 is 22.6. The first-order valence-electron chi connectivity index (χ1n) is 6.03. The van der Waals surface area contributed by atoms with Gasteiger partial charge < -0.3 is 16.3 Å². The average molecular weight is 315 g/mol. The maximum Gasteiger partial charge on any atom is 0.322 e. The number of primary amides is 1. The maximum atomic E-state index is 11.3. The number of hydrogen-bond acceptors (Lipinski definition) is 6. The number of nitrogens with two attached hydrogens (primary N) is 1. The van der Waals surface area contributed by atoms with Gasteiger partial charge in [-0.15, -0.1) is 0 Å². The first-order chi connectivity index (χ1) is 9.70. The number of nitrogens with one attached hydrogen (secondary N) is 2. The van der Waals surface area contributed by atoms with Crippen LogP contribution in [-0.2, 0) is 19.4 Å². The molecule has 0 aliphatic heterocycles. The Kier molecular flexibility index (Phi) is 5.68. The molecule has 1 atom stereocenters. The Balaban J connectivity index is 2.64. The largest absolute Gasteiger partial charge is 0.480 e. The quantitative estimate of drug-likeness (QED) is 0.484. The molecule has 21 heavy (non-hydrogen) atoms. The van der Waals surface area contributed by atoms with Crippen molar-refractivity contribution in [1.29, 1.82) is 0 Å². The summed E-state index contributed by atoms with van der Waals surface area (Å²) in [6.45, 7) is 0. The van der Waals surface area contributed by atoms with E-state index in [9.17, 15) is 18.0 Å². The summed E-state index contributed by atoms with van der Waals surface area (Å²) in [5.74, 6) is -1.71. The maximum absolute atomic E-state index is 11.3. The van der Waals surface area contributed by atoms with Crippen LogP contribution in [0.2, 0.25) is 0 Å². The van der Waals surface area contributed by atoms with Gasteiger partial charge in [-0.25, -0.2) is 13.8 Å². The lowest BCUT2D eigenvalue weighted by Gasteiger charge is -2.15. The molecule has 0 heterocycles. The topological polar surface area (TPSA) is 139 Å². The van der Waals surface area contributed by atoms with Crippen LogP contribution >= 0.6 is 0 Å². The molecule has 0 aliphatic carbocycles. The number of anilines is 1. The molecule has 1 amide bonds. The van der Waals surface area contributed by atoms with Crippen molar-refractivity contribution in [1.82, 2.24) is 5.43 Å². The smallest absolute Gasteiger partial charge is 0.322 e. The van der Waals surface area contributed by atoms with E-state index < -0.39 is 27.8 Å². The standard InChI is InChI=1S/C12H17N3O5S/c1-21(19,20)9-4-2-8(3-5-9)14-15-10(12(17)18)6-7-11(13)16/h2-5,10,14-15H,6-7H2,1H3,(H2,13,16)(H,17,18)/t10-/m0/s1. The van der Waals surface area contributed by atoms with Gasteiger partial charge in [0.25, 0.3) is 0 Å². The van der Waals surface area contributed by atoms with Crippen molar-refractivity contribution in [2.75, 3.05) is 11.7 Å². The SMILES string of the molecule is CS(=O)(=O)c1ccc(NN[C@@H](CCC(N)=O)C(=O)O)cc1. The number of carboxylic acid groups (broad SMARTS) is 1. The lowest BCUT2D eigenvalue weighted by Crippen LogP contribution is -2.41. The minimum absolute atomic E-state index is 0.0408. The van der Waals surface area contributed by atoms with Gasteiger partial charge >= 0.3 is 5.97 Å². The second kappa shape index (κ2) is 7.04. The molecule has 1 rings (SSSR count). The molecule has 0 radical (unpaired) electrons. The van der Waals surface area contributed by atoms with Crippen LogP contribution in [0, 0.1) is 0 Å². The summed E-state index contributed by atoms with van der Waals surface area (Å²) >= 11 is 0. The normalized spacial score (nSPS) is 12.6. The fourth-order valence-corrected chi connectivity index (χ4v) is 2.13. The predicted molar refractivity (Wildman–Crippen MR) is 76.2 cm³/mol.